The first-order valence-corrected chi connectivity index (χ1v) is 8.45. The molecular weight excluding hydrogens is 342 g/mol. The van der Waals surface area contributed by atoms with E-state index in [0.717, 1.165) is 14.9 Å². The van der Waals surface area contributed by atoms with Gasteiger partial charge in [0, 0.05) is 10.8 Å². The molecule has 5 nitrogen and oxygen atoms in total. The number of hydrogen-bond donors (Lipinski definition) is 1. The van der Waals surface area contributed by atoms with E-state index in [9.17, 15) is 4.79 Å². The summed E-state index contributed by atoms with van der Waals surface area (Å²) in [6.45, 7) is 0. The van der Waals surface area contributed by atoms with E-state index in [0.29, 0.717) is 10.9 Å². The number of nitrogens with one attached hydrogen (secondary N) is 1. The Morgan fingerprint density at radius 1 is 1.27 bits per heavy atom. The van der Waals surface area contributed by atoms with Crippen molar-refractivity contribution in [1.82, 2.24) is 10.2 Å². The molecular formula is C14H10ClN3O2S2. The number of amides is 1. The molecule has 22 heavy (non-hydrogen) atoms. The molecule has 1 amide bonds. The minimum absolute atomic E-state index is 0.237. The van der Waals surface area contributed by atoms with Crippen LogP contribution in [0, 0.1) is 0 Å². The van der Waals surface area contributed by atoms with Crippen molar-refractivity contribution in [2.24, 2.45) is 0 Å². The Kier molecular flexibility index (Phi) is 4.77. The zero-order valence-corrected chi connectivity index (χ0v) is 13.5. The van der Waals surface area contributed by atoms with E-state index < -0.39 is 0 Å². The van der Waals surface area contributed by atoms with Gasteiger partial charge in [0.05, 0.1) is 6.26 Å². The third kappa shape index (κ3) is 3.68. The van der Waals surface area contributed by atoms with Gasteiger partial charge in [0.1, 0.15) is 0 Å². The van der Waals surface area contributed by atoms with Gasteiger partial charge < -0.3 is 4.42 Å². The molecule has 1 aromatic carbocycles. The lowest BCUT2D eigenvalue weighted by atomic mass is 10.2. The van der Waals surface area contributed by atoms with E-state index in [1.807, 2.05) is 24.3 Å². The largest absolute Gasteiger partial charge is 0.459 e. The second-order valence-electron chi connectivity index (χ2n) is 4.18. The van der Waals surface area contributed by atoms with Crippen LogP contribution in [0.15, 0.2) is 51.4 Å². The number of anilines is 1. The first kappa shape index (κ1) is 15.1. The minimum Gasteiger partial charge on any atom is -0.459 e. The van der Waals surface area contributed by atoms with Crippen molar-refractivity contribution in [3.63, 3.8) is 0 Å². The summed E-state index contributed by atoms with van der Waals surface area (Å²) in [5.74, 6) is 0.588. The van der Waals surface area contributed by atoms with Gasteiger partial charge in [-0.25, -0.2) is 0 Å². The number of benzene rings is 1. The molecule has 2 aromatic heterocycles. The van der Waals surface area contributed by atoms with Crippen molar-refractivity contribution >= 4 is 45.7 Å². The summed E-state index contributed by atoms with van der Waals surface area (Å²) in [4.78, 5) is 11.8. The summed E-state index contributed by atoms with van der Waals surface area (Å²) in [5, 5.41) is 11.8. The number of nitrogens with zero attached hydrogens (tertiary/aromatic N) is 2. The second-order valence-corrected chi connectivity index (χ2v) is 6.79. The Bertz CT molecular complexity index is 774. The number of hydrogen-bond acceptors (Lipinski definition) is 6. The van der Waals surface area contributed by atoms with E-state index in [1.54, 1.807) is 12.1 Å². The lowest BCUT2D eigenvalue weighted by molar-refractivity contribution is 0.0996. The molecule has 0 atom stereocenters. The zero-order valence-electron chi connectivity index (χ0n) is 11.2. The van der Waals surface area contributed by atoms with Crippen LogP contribution in [0.3, 0.4) is 0 Å². The van der Waals surface area contributed by atoms with Gasteiger partial charge in [-0.05, 0) is 23.8 Å². The maximum atomic E-state index is 11.8. The van der Waals surface area contributed by atoms with E-state index in [4.69, 9.17) is 16.0 Å². The van der Waals surface area contributed by atoms with Crippen LogP contribution in [0.25, 0.3) is 0 Å². The molecule has 3 aromatic rings. The molecule has 0 aliphatic heterocycles. The van der Waals surface area contributed by atoms with E-state index in [2.05, 4.69) is 15.5 Å². The van der Waals surface area contributed by atoms with Gasteiger partial charge in [0.2, 0.25) is 5.13 Å². The normalized spacial score (nSPS) is 10.6. The van der Waals surface area contributed by atoms with E-state index >= 15 is 0 Å². The summed E-state index contributed by atoms with van der Waals surface area (Å²) >= 11 is 8.93. The molecule has 0 aliphatic carbocycles. The highest BCUT2D eigenvalue weighted by molar-refractivity contribution is 8.00. The van der Waals surface area contributed by atoms with Crippen LogP contribution in [-0.4, -0.2) is 16.1 Å². The zero-order chi connectivity index (χ0) is 15.4. The van der Waals surface area contributed by atoms with Gasteiger partial charge in [-0.3, -0.25) is 10.1 Å². The van der Waals surface area contributed by atoms with Crippen molar-refractivity contribution in [2.45, 2.75) is 10.1 Å². The van der Waals surface area contributed by atoms with Crippen LogP contribution in [-0.2, 0) is 5.75 Å². The average Bonchev–Trinajstić information content (AvgIpc) is 3.18. The minimum atomic E-state index is -0.344. The Morgan fingerprint density at radius 3 is 2.91 bits per heavy atom. The maximum absolute atomic E-state index is 11.8. The van der Waals surface area contributed by atoms with Gasteiger partial charge in [0.15, 0.2) is 10.1 Å². The first-order chi connectivity index (χ1) is 10.7. The molecule has 0 bridgehead atoms. The Hall–Kier alpha value is -1.83. The van der Waals surface area contributed by atoms with Gasteiger partial charge in [-0.15, -0.1) is 10.2 Å². The molecule has 112 valence electrons. The quantitative estimate of drug-likeness (QED) is 0.547. The number of carbonyl (C=O) groups is 1. The lowest BCUT2D eigenvalue weighted by Gasteiger charge is -2.00. The Morgan fingerprint density at radius 2 is 2.14 bits per heavy atom. The van der Waals surface area contributed by atoms with Crippen LogP contribution < -0.4 is 5.32 Å². The average molecular weight is 352 g/mol. The Balaban J connectivity index is 1.60. The van der Waals surface area contributed by atoms with Gasteiger partial charge in [0.25, 0.3) is 5.91 Å². The predicted octanol–water partition coefficient (Wildman–Crippen LogP) is 4.33. The van der Waals surface area contributed by atoms with Gasteiger partial charge in [-0.2, -0.15) is 0 Å². The van der Waals surface area contributed by atoms with Crippen LogP contribution in [0.2, 0.25) is 5.02 Å². The molecule has 0 aliphatic rings. The molecule has 1 N–H and O–H groups in total. The summed E-state index contributed by atoms with van der Waals surface area (Å²) in [6, 6.07) is 10.9. The lowest BCUT2D eigenvalue weighted by Crippen LogP contribution is -2.10. The van der Waals surface area contributed by atoms with Crippen molar-refractivity contribution in [2.75, 3.05) is 5.32 Å². The summed E-state index contributed by atoms with van der Waals surface area (Å²) in [6.07, 6.45) is 1.44. The fourth-order valence-corrected chi connectivity index (χ4v) is 3.67. The SMILES string of the molecule is O=C(Nc1nnc(SCc2ccccc2Cl)s1)c1ccco1. The molecule has 0 fully saturated rings. The number of rotatable bonds is 5. The molecule has 8 heteroatoms. The summed E-state index contributed by atoms with van der Waals surface area (Å²) in [5.41, 5.74) is 1.03. The van der Waals surface area contributed by atoms with Gasteiger partial charge >= 0.3 is 0 Å². The monoisotopic (exact) mass is 351 g/mol. The van der Waals surface area contributed by atoms with Gasteiger partial charge in [-0.1, -0.05) is 52.9 Å². The number of furan rings is 1. The standard InChI is InChI=1S/C14H10ClN3O2S2/c15-10-5-2-1-4-9(10)8-21-14-18-17-13(22-14)16-12(19)11-6-3-7-20-11/h1-7H,8H2,(H,16,17,19). The molecule has 0 spiro atoms. The topological polar surface area (TPSA) is 68.0 Å². The molecule has 3 rings (SSSR count). The fraction of sp³-hybridized carbons (Fsp3) is 0.0714. The first-order valence-electron chi connectivity index (χ1n) is 6.27. The third-order valence-electron chi connectivity index (χ3n) is 2.68. The van der Waals surface area contributed by atoms with Crippen LogP contribution >= 0.6 is 34.7 Å². The third-order valence-corrected chi connectivity index (χ3v) is 5.07. The molecule has 0 saturated carbocycles. The molecule has 2 heterocycles. The van der Waals surface area contributed by atoms with Crippen molar-refractivity contribution in [1.29, 1.82) is 0 Å². The highest BCUT2D eigenvalue weighted by Crippen LogP contribution is 2.30. The Labute approximate surface area is 139 Å². The van der Waals surface area contributed by atoms with Crippen LogP contribution in [0.5, 0.6) is 0 Å². The van der Waals surface area contributed by atoms with Crippen molar-refractivity contribution in [3.05, 3.63) is 59.0 Å². The number of thioether (sulfide) groups is 1. The number of carbonyl (C=O) groups excluding carboxylic acids is 1. The summed E-state index contributed by atoms with van der Waals surface area (Å²) < 4.78 is 5.78. The van der Waals surface area contributed by atoms with E-state index in [1.165, 1.54) is 29.4 Å². The maximum Gasteiger partial charge on any atom is 0.293 e. The number of halogens is 1. The highest BCUT2D eigenvalue weighted by atomic mass is 35.5. The van der Waals surface area contributed by atoms with E-state index in [-0.39, 0.29) is 11.7 Å². The smallest absolute Gasteiger partial charge is 0.293 e. The van der Waals surface area contributed by atoms with Crippen molar-refractivity contribution < 1.29 is 9.21 Å². The molecule has 0 radical (unpaired) electrons. The van der Waals surface area contributed by atoms with Crippen LogP contribution in [0.4, 0.5) is 5.13 Å². The molecule has 0 unspecified atom stereocenters. The predicted molar refractivity (Wildman–Crippen MR) is 87.6 cm³/mol. The fourth-order valence-electron chi connectivity index (χ4n) is 1.64. The number of aromatic nitrogens is 2. The summed E-state index contributed by atoms with van der Waals surface area (Å²) in [7, 11) is 0. The van der Waals surface area contributed by atoms with Crippen LogP contribution in [0.1, 0.15) is 16.1 Å². The second kappa shape index (κ2) is 6.95. The van der Waals surface area contributed by atoms with Crippen molar-refractivity contribution in [3.8, 4) is 0 Å². The highest BCUT2D eigenvalue weighted by Gasteiger charge is 2.12. The molecule has 0 saturated heterocycles.